The van der Waals surface area contributed by atoms with E-state index < -0.39 is 0 Å². The smallest absolute Gasteiger partial charge is 0.168 e. The van der Waals surface area contributed by atoms with Gasteiger partial charge >= 0.3 is 0 Å². The van der Waals surface area contributed by atoms with Gasteiger partial charge in [0, 0.05) is 12.6 Å². The van der Waals surface area contributed by atoms with Crippen LogP contribution in [0.15, 0.2) is 18.2 Å². The monoisotopic (exact) mass is 280 g/mol. The van der Waals surface area contributed by atoms with Crippen LogP contribution < -0.4 is 0 Å². The molecule has 1 heterocycles. The van der Waals surface area contributed by atoms with Crippen LogP contribution in [0.2, 0.25) is 5.02 Å². The Morgan fingerprint density at radius 2 is 2.11 bits per heavy atom. The zero-order valence-corrected chi connectivity index (χ0v) is 11.8. The average Bonchev–Trinajstić information content (AvgIpc) is 2.59. The standard InChI is InChI=1S/C14H14ClFN2O/c1-8-4-5-10(6-11(8)16)13(19)7-12-14(15)9(2)17-18(12)3/h4-6H,7H2,1-3H3. The second-order valence-electron chi connectivity index (χ2n) is 4.53. The fourth-order valence-corrected chi connectivity index (χ4v) is 2.12. The van der Waals surface area contributed by atoms with Crippen LogP contribution in [-0.2, 0) is 13.5 Å². The summed E-state index contributed by atoms with van der Waals surface area (Å²) in [7, 11) is 1.73. The van der Waals surface area contributed by atoms with E-state index in [1.165, 1.54) is 6.07 Å². The number of Topliss-reactive ketones (excluding diaryl/α,β-unsaturated/α-hetero) is 1. The van der Waals surface area contributed by atoms with Gasteiger partial charge < -0.3 is 0 Å². The lowest BCUT2D eigenvalue weighted by Gasteiger charge is -2.04. The number of benzene rings is 1. The van der Waals surface area contributed by atoms with Crippen LogP contribution in [0.1, 0.15) is 27.3 Å². The molecule has 3 nitrogen and oxygen atoms in total. The summed E-state index contributed by atoms with van der Waals surface area (Å²) in [6.07, 6.45) is 0.110. The number of carbonyl (C=O) groups excluding carboxylic acids is 1. The van der Waals surface area contributed by atoms with Gasteiger partial charge in [-0.2, -0.15) is 5.10 Å². The largest absolute Gasteiger partial charge is 0.294 e. The second-order valence-corrected chi connectivity index (χ2v) is 4.91. The summed E-state index contributed by atoms with van der Waals surface area (Å²) < 4.78 is 15.0. The van der Waals surface area contributed by atoms with E-state index in [0.717, 1.165) is 0 Å². The number of ketones is 1. The minimum atomic E-state index is -0.377. The van der Waals surface area contributed by atoms with Gasteiger partial charge in [-0.3, -0.25) is 9.48 Å². The van der Waals surface area contributed by atoms with E-state index in [2.05, 4.69) is 5.10 Å². The number of rotatable bonds is 3. The van der Waals surface area contributed by atoms with Crippen molar-refractivity contribution >= 4 is 17.4 Å². The molecule has 2 aromatic rings. The molecule has 0 aliphatic heterocycles. The topological polar surface area (TPSA) is 34.9 Å². The fourth-order valence-electron chi connectivity index (χ4n) is 1.89. The van der Waals surface area contributed by atoms with Crippen LogP contribution in [0.25, 0.3) is 0 Å². The molecule has 1 aromatic carbocycles. The van der Waals surface area contributed by atoms with Crippen LogP contribution in [0, 0.1) is 19.7 Å². The quantitative estimate of drug-likeness (QED) is 0.809. The van der Waals surface area contributed by atoms with Crippen molar-refractivity contribution < 1.29 is 9.18 Å². The molecule has 0 spiro atoms. The van der Waals surface area contributed by atoms with Gasteiger partial charge in [-0.25, -0.2) is 4.39 Å². The molecule has 0 aliphatic rings. The van der Waals surface area contributed by atoms with Gasteiger partial charge in [0.15, 0.2) is 5.78 Å². The van der Waals surface area contributed by atoms with Gasteiger partial charge in [0.2, 0.25) is 0 Å². The van der Waals surface area contributed by atoms with Crippen molar-refractivity contribution in [2.24, 2.45) is 7.05 Å². The highest BCUT2D eigenvalue weighted by Gasteiger charge is 2.16. The third kappa shape index (κ3) is 2.68. The SMILES string of the molecule is Cc1ccc(C(=O)Cc2c(Cl)c(C)nn2C)cc1F. The number of aromatic nitrogens is 2. The molecule has 0 radical (unpaired) electrons. The summed E-state index contributed by atoms with van der Waals surface area (Å²) in [5.41, 5.74) is 2.19. The van der Waals surface area contributed by atoms with E-state index in [1.807, 2.05) is 0 Å². The van der Waals surface area contributed by atoms with E-state index in [0.29, 0.717) is 27.5 Å². The number of carbonyl (C=O) groups is 1. The van der Waals surface area contributed by atoms with Gasteiger partial charge in [0.25, 0.3) is 0 Å². The first-order valence-electron chi connectivity index (χ1n) is 5.87. The van der Waals surface area contributed by atoms with Crippen molar-refractivity contribution in [2.45, 2.75) is 20.3 Å². The summed E-state index contributed by atoms with van der Waals surface area (Å²) >= 11 is 6.09. The van der Waals surface area contributed by atoms with E-state index in [9.17, 15) is 9.18 Å². The molecular formula is C14H14ClFN2O. The third-order valence-electron chi connectivity index (χ3n) is 3.08. The molecule has 0 unspecified atom stereocenters. The van der Waals surface area contributed by atoms with Gasteiger partial charge in [-0.05, 0) is 25.5 Å². The van der Waals surface area contributed by atoms with Gasteiger partial charge in [0.05, 0.1) is 22.8 Å². The lowest BCUT2D eigenvalue weighted by Crippen LogP contribution is -2.08. The van der Waals surface area contributed by atoms with E-state index >= 15 is 0 Å². The summed E-state index contributed by atoms with van der Waals surface area (Å²) in [6.45, 7) is 3.44. The molecule has 0 aliphatic carbocycles. The third-order valence-corrected chi connectivity index (χ3v) is 3.58. The molecule has 1 aromatic heterocycles. The van der Waals surface area contributed by atoms with E-state index in [4.69, 9.17) is 11.6 Å². The highest BCUT2D eigenvalue weighted by atomic mass is 35.5. The number of halogens is 2. The first-order chi connectivity index (χ1) is 8.90. The van der Waals surface area contributed by atoms with Crippen molar-refractivity contribution in [3.05, 3.63) is 51.6 Å². The van der Waals surface area contributed by atoms with Gasteiger partial charge in [-0.1, -0.05) is 23.7 Å². The van der Waals surface area contributed by atoms with Crippen LogP contribution in [0.3, 0.4) is 0 Å². The van der Waals surface area contributed by atoms with Crippen molar-refractivity contribution in [1.82, 2.24) is 9.78 Å². The van der Waals surface area contributed by atoms with Crippen LogP contribution >= 0.6 is 11.6 Å². The summed E-state index contributed by atoms with van der Waals surface area (Å²) in [5, 5.41) is 4.64. The van der Waals surface area contributed by atoms with Crippen LogP contribution in [-0.4, -0.2) is 15.6 Å². The number of aryl methyl sites for hydroxylation is 3. The maximum atomic E-state index is 13.4. The predicted octanol–water partition coefficient (Wildman–Crippen LogP) is 3.25. The molecule has 5 heteroatoms. The lowest BCUT2D eigenvalue weighted by molar-refractivity contribution is 0.0990. The van der Waals surface area contributed by atoms with Crippen molar-refractivity contribution in [1.29, 1.82) is 0 Å². The molecule has 19 heavy (non-hydrogen) atoms. The van der Waals surface area contributed by atoms with Gasteiger partial charge in [0.1, 0.15) is 5.82 Å². The Bertz CT molecular complexity index is 649. The summed E-state index contributed by atoms with van der Waals surface area (Å²) in [5.74, 6) is -0.554. The molecular weight excluding hydrogens is 267 g/mol. The first-order valence-corrected chi connectivity index (χ1v) is 6.25. The zero-order valence-electron chi connectivity index (χ0n) is 11.0. The number of nitrogens with zero attached hydrogens (tertiary/aromatic N) is 2. The first kappa shape index (κ1) is 13.7. The maximum absolute atomic E-state index is 13.4. The molecule has 0 saturated heterocycles. The van der Waals surface area contributed by atoms with Crippen LogP contribution in [0.5, 0.6) is 0 Å². The Kier molecular flexibility index (Phi) is 3.71. The molecule has 100 valence electrons. The molecule has 2 rings (SSSR count). The highest BCUT2D eigenvalue weighted by Crippen LogP contribution is 2.21. The van der Waals surface area contributed by atoms with Crippen molar-refractivity contribution in [3.63, 3.8) is 0 Å². The molecule has 0 amide bonds. The Morgan fingerprint density at radius 1 is 1.42 bits per heavy atom. The average molecular weight is 281 g/mol. The fraction of sp³-hybridized carbons (Fsp3) is 0.286. The van der Waals surface area contributed by atoms with Crippen molar-refractivity contribution in [3.8, 4) is 0 Å². The Balaban J connectivity index is 2.28. The Hall–Kier alpha value is -1.68. The molecule has 0 fully saturated rings. The molecule has 0 saturated carbocycles. The summed E-state index contributed by atoms with van der Waals surface area (Å²) in [6, 6.07) is 4.48. The molecule has 0 bridgehead atoms. The minimum absolute atomic E-state index is 0.110. The lowest BCUT2D eigenvalue weighted by atomic mass is 10.0. The Morgan fingerprint density at radius 3 is 2.63 bits per heavy atom. The van der Waals surface area contributed by atoms with E-state index in [-0.39, 0.29) is 18.0 Å². The predicted molar refractivity (Wildman–Crippen MR) is 72.1 cm³/mol. The maximum Gasteiger partial charge on any atom is 0.168 e. The normalized spacial score (nSPS) is 10.8. The Labute approximate surface area is 116 Å². The van der Waals surface area contributed by atoms with Crippen molar-refractivity contribution in [2.75, 3.05) is 0 Å². The summed E-state index contributed by atoms with van der Waals surface area (Å²) in [4.78, 5) is 12.1. The minimum Gasteiger partial charge on any atom is -0.294 e. The van der Waals surface area contributed by atoms with Crippen LogP contribution in [0.4, 0.5) is 4.39 Å². The number of hydrogen-bond donors (Lipinski definition) is 0. The zero-order chi connectivity index (χ0) is 14.2. The van der Waals surface area contributed by atoms with E-state index in [1.54, 1.807) is 37.7 Å². The number of hydrogen-bond acceptors (Lipinski definition) is 2. The van der Waals surface area contributed by atoms with Gasteiger partial charge in [-0.15, -0.1) is 0 Å². The molecule has 0 N–H and O–H groups in total. The molecule has 0 atom stereocenters. The second kappa shape index (κ2) is 5.13. The highest BCUT2D eigenvalue weighted by molar-refractivity contribution is 6.32.